The molecule has 2 unspecified atom stereocenters. The van der Waals surface area contributed by atoms with E-state index in [0.717, 1.165) is 22.9 Å². The quantitative estimate of drug-likeness (QED) is 0.419. The minimum atomic E-state index is -0.758. The first-order valence-electron chi connectivity index (χ1n) is 11.1. The summed E-state index contributed by atoms with van der Waals surface area (Å²) < 4.78 is 0. The van der Waals surface area contributed by atoms with E-state index in [1.165, 1.54) is 6.92 Å². The van der Waals surface area contributed by atoms with Gasteiger partial charge in [0, 0.05) is 40.6 Å². The minimum Gasteiger partial charge on any atom is -0.361 e. The van der Waals surface area contributed by atoms with E-state index in [2.05, 4.69) is 21.7 Å². The zero-order chi connectivity index (χ0) is 24.2. The van der Waals surface area contributed by atoms with E-state index >= 15 is 0 Å². The lowest BCUT2D eigenvalue weighted by molar-refractivity contribution is -0.132. The molecular formula is C25H26N6O3. The number of hydrogen-bond donors (Lipinski definition) is 4. The average Bonchev–Trinajstić information content (AvgIpc) is 3.45. The molecule has 0 spiro atoms. The number of aromatic nitrogens is 1. The third kappa shape index (κ3) is 4.92. The summed E-state index contributed by atoms with van der Waals surface area (Å²) in [6.45, 7) is 2.04. The van der Waals surface area contributed by atoms with Crippen molar-refractivity contribution in [3.63, 3.8) is 0 Å². The van der Waals surface area contributed by atoms with Crippen molar-refractivity contribution in [2.24, 2.45) is 5.73 Å². The molecule has 9 heteroatoms. The third-order valence-electron chi connectivity index (χ3n) is 6.02. The lowest BCUT2D eigenvalue weighted by Crippen LogP contribution is -2.46. The van der Waals surface area contributed by atoms with Gasteiger partial charge in [-0.2, -0.15) is 5.26 Å². The van der Waals surface area contributed by atoms with Gasteiger partial charge in [0.15, 0.2) is 5.78 Å². The number of aromatic amines is 1. The topological polar surface area (TPSA) is 144 Å². The number of fused-ring (bicyclic) bond motifs is 1. The summed E-state index contributed by atoms with van der Waals surface area (Å²) in [6.07, 6.45) is 3.61. The van der Waals surface area contributed by atoms with Crippen molar-refractivity contribution in [1.29, 1.82) is 5.26 Å². The van der Waals surface area contributed by atoms with Crippen molar-refractivity contribution in [3.8, 4) is 6.07 Å². The number of H-pyrrole nitrogens is 1. The molecule has 3 amide bonds. The Labute approximate surface area is 196 Å². The number of anilines is 2. The highest BCUT2D eigenvalue weighted by molar-refractivity contribution is 6.02. The molecule has 1 saturated heterocycles. The number of nitrogens with two attached hydrogens (primary N) is 1. The van der Waals surface area contributed by atoms with E-state index in [0.29, 0.717) is 36.3 Å². The summed E-state index contributed by atoms with van der Waals surface area (Å²) >= 11 is 0. The second-order valence-corrected chi connectivity index (χ2v) is 8.42. The monoisotopic (exact) mass is 458 g/mol. The Morgan fingerprint density at radius 3 is 2.59 bits per heavy atom. The number of carbonyl (C=O) groups excluding carboxylic acids is 3. The van der Waals surface area contributed by atoms with Crippen molar-refractivity contribution >= 4 is 40.0 Å². The van der Waals surface area contributed by atoms with E-state index in [1.807, 2.05) is 18.3 Å². The second-order valence-electron chi connectivity index (χ2n) is 8.42. The molecule has 0 saturated carbocycles. The number of likely N-dealkylation sites (tertiary alicyclic amines) is 1. The maximum absolute atomic E-state index is 12.8. The van der Waals surface area contributed by atoms with E-state index in [-0.39, 0.29) is 11.7 Å². The minimum absolute atomic E-state index is 0.0432. The van der Waals surface area contributed by atoms with Gasteiger partial charge in [-0.05, 0) is 74.2 Å². The molecule has 4 rings (SSSR count). The van der Waals surface area contributed by atoms with Gasteiger partial charge in [0.2, 0.25) is 5.91 Å². The van der Waals surface area contributed by atoms with Crippen LogP contribution in [0.3, 0.4) is 0 Å². The number of rotatable bonds is 6. The van der Waals surface area contributed by atoms with Crippen LogP contribution in [0.4, 0.5) is 16.2 Å². The van der Waals surface area contributed by atoms with E-state index in [4.69, 9.17) is 5.73 Å². The Hall–Kier alpha value is -4.16. The molecule has 1 fully saturated rings. The lowest BCUT2D eigenvalue weighted by Gasteiger charge is -2.23. The molecule has 9 nitrogen and oxygen atoms in total. The Bertz CT molecular complexity index is 1270. The summed E-state index contributed by atoms with van der Waals surface area (Å²) in [7, 11) is 0. The fourth-order valence-corrected chi connectivity index (χ4v) is 4.21. The van der Waals surface area contributed by atoms with Crippen LogP contribution in [0.25, 0.3) is 10.9 Å². The number of carbonyl (C=O) groups is 3. The van der Waals surface area contributed by atoms with Gasteiger partial charge < -0.3 is 26.3 Å². The molecule has 1 aliphatic rings. The summed E-state index contributed by atoms with van der Waals surface area (Å²) in [5.41, 5.74) is 9.64. The first-order valence-corrected chi connectivity index (χ1v) is 11.1. The molecule has 34 heavy (non-hydrogen) atoms. The maximum atomic E-state index is 12.8. The molecule has 1 aliphatic heterocycles. The van der Waals surface area contributed by atoms with Gasteiger partial charge in [-0.25, -0.2) is 4.79 Å². The van der Waals surface area contributed by atoms with Crippen LogP contribution in [-0.2, 0) is 11.2 Å². The maximum Gasteiger partial charge on any atom is 0.323 e. The third-order valence-corrected chi connectivity index (χ3v) is 6.02. The Balaban J connectivity index is 1.43. The summed E-state index contributed by atoms with van der Waals surface area (Å²) in [6, 6.07) is 12.7. The van der Waals surface area contributed by atoms with Crippen molar-refractivity contribution in [1.82, 2.24) is 9.88 Å². The first kappa shape index (κ1) is 23.0. The fourth-order valence-electron chi connectivity index (χ4n) is 4.21. The molecule has 0 radical (unpaired) electrons. The Morgan fingerprint density at radius 1 is 1.18 bits per heavy atom. The van der Waals surface area contributed by atoms with Crippen LogP contribution in [0.15, 0.2) is 48.7 Å². The zero-order valence-electron chi connectivity index (χ0n) is 18.8. The number of nitrogens with zero attached hydrogens (tertiary/aromatic N) is 2. The number of urea groups is 1. The Kier molecular flexibility index (Phi) is 6.61. The highest BCUT2D eigenvalue weighted by Gasteiger charge is 2.31. The average molecular weight is 459 g/mol. The van der Waals surface area contributed by atoms with Crippen LogP contribution in [-0.4, -0.2) is 46.2 Å². The normalized spacial score (nSPS) is 16.1. The lowest BCUT2D eigenvalue weighted by atomic mass is 10.0. The van der Waals surface area contributed by atoms with E-state index in [1.54, 1.807) is 35.2 Å². The summed E-state index contributed by atoms with van der Waals surface area (Å²) in [5, 5.41) is 15.6. The molecule has 2 atom stereocenters. The van der Waals surface area contributed by atoms with Gasteiger partial charge in [-0.1, -0.05) is 0 Å². The van der Waals surface area contributed by atoms with E-state index in [9.17, 15) is 19.6 Å². The second kappa shape index (κ2) is 9.77. The number of benzene rings is 2. The standard InChI is InChI=1S/C25H26N6O3/c1-15(32)16-4-6-18(7-5-16)29-25(34)30-19-8-9-23-21(12-19)17(14-28-23)11-22(27)24(33)31-10-2-3-20(31)13-26/h4-9,12,14,20,22,28H,2-3,10-11,27H2,1H3,(H2,29,30,34). The van der Waals surface area contributed by atoms with Gasteiger partial charge in [0.05, 0.1) is 12.1 Å². The summed E-state index contributed by atoms with van der Waals surface area (Å²) in [5.74, 6) is -0.263. The van der Waals surface area contributed by atoms with Crippen LogP contribution in [0.2, 0.25) is 0 Å². The highest BCUT2D eigenvalue weighted by Crippen LogP contribution is 2.25. The number of nitrogens with one attached hydrogen (secondary N) is 3. The number of amides is 3. The number of Topliss-reactive ketones (excluding diaryl/α,β-unsaturated/α-hetero) is 1. The van der Waals surface area contributed by atoms with Crippen molar-refractivity contribution in [2.75, 3.05) is 17.2 Å². The fraction of sp³-hybridized carbons (Fsp3) is 0.280. The van der Waals surface area contributed by atoms with Crippen LogP contribution in [0.5, 0.6) is 0 Å². The number of hydrogen-bond acceptors (Lipinski definition) is 5. The van der Waals surface area contributed by atoms with Gasteiger partial charge in [0.1, 0.15) is 6.04 Å². The van der Waals surface area contributed by atoms with Gasteiger partial charge in [-0.15, -0.1) is 0 Å². The van der Waals surface area contributed by atoms with Gasteiger partial charge >= 0.3 is 6.03 Å². The molecule has 1 aromatic heterocycles. The van der Waals surface area contributed by atoms with Crippen LogP contribution in [0.1, 0.15) is 35.7 Å². The SMILES string of the molecule is CC(=O)c1ccc(NC(=O)Nc2ccc3[nH]cc(CC(N)C(=O)N4CCCC4C#N)c3c2)cc1. The number of ketones is 1. The van der Waals surface area contributed by atoms with Crippen molar-refractivity contribution in [2.45, 2.75) is 38.3 Å². The smallest absolute Gasteiger partial charge is 0.323 e. The molecule has 2 aromatic carbocycles. The predicted octanol–water partition coefficient (Wildman–Crippen LogP) is 3.40. The molecule has 2 heterocycles. The van der Waals surface area contributed by atoms with Crippen molar-refractivity contribution in [3.05, 3.63) is 59.8 Å². The zero-order valence-corrected chi connectivity index (χ0v) is 18.8. The van der Waals surface area contributed by atoms with Crippen molar-refractivity contribution < 1.29 is 14.4 Å². The highest BCUT2D eigenvalue weighted by atomic mass is 16.2. The van der Waals surface area contributed by atoms with Gasteiger partial charge in [0.25, 0.3) is 0 Å². The first-order chi connectivity index (χ1) is 16.4. The Morgan fingerprint density at radius 2 is 1.88 bits per heavy atom. The van der Waals surface area contributed by atoms with Crippen LogP contribution < -0.4 is 16.4 Å². The molecule has 174 valence electrons. The predicted molar refractivity (Wildman–Crippen MR) is 129 cm³/mol. The van der Waals surface area contributed by atoms with Gasteiger partial charge in [-0.3, -0.25) is 9.59 Å². The molecule has 5 N–H and O–H groups in total. The molecule has 3 aromatic rings. The molecule has 0 bridgehead atoms. The molecule has 0 aliphatic carbocycles. The summed E-state index contributed by atoms with van der Waals surface area (Å²) in [4.78, 5) is 41.3. The van der Waals surface area contributed by atoms with Crippen LogP contribution >= 0.6 is 0 Å². The largest absolute Gasteiger partial charge is 0.361 e. The van der Waals surface area contributed by atoms with Crippen LogP contribution in [0, 0.1) is 11.3 Å². The van der Waals surface area contributed by atoms with E-state index < -0.39 is 18.1 Å². The number of nitriles is 1. The molecular weight excluding hydrogens is 432 g/mol.